The van der Waals surface area contributed by atoms with E-state index in [0.29, 0.717) is 22.4 Å². The van der Waals surface area contributed by atoms with Gasteiger partial charge in [-0.15, -0.1) is 0 Å². The van der Waals surface area contributed by atoms with Gasteiger partial charge in [0.05, 0.1) is 11.6 Å². The molecule has 0 bridgehead atoms. The highest BCUT2D eigenvalue weighted by Crippen LogP contribution is 2.31. The lowest BCUT2D eigenvalue weighted by atomic mass is 10.3. The van der Waals surface area contributed by atoms with Crippen LogP contribution in [0, 0.1) is 0 Å². The Morgan fingerprint density at radius 3 is 2.89 bits per heavy atom. The lowest BCUT2D eigenvalue weighted by Gasteiger charge is -2.08. The normalized spacial score (nSPS) is 10.6. The number of hydrogen-bond acceptors (Lipinski definition) is 3. The number of imidazole rings is 1. The molecule has 7 heteroatoms. The molecule has 1 heterocycles. The maximum Gasteiger partial charge on any atom is 0.323 e. The second-order valence-electron chi connectivity index (χ2n) is 3.72. The van der Waals surface area contributed by atoms with Gasteiger partial charge < -0.3 is 14.7 Å². The molecule has 0 fully saturated rings. The van der Waals surface area contributed by atoms with Crippen LogP contribution in [-0.4, -0.2) is 22.3 Å². The Labute approximate surface area is 124 Å². The van der Waals surface area contributed by atoms with Crippen molar-refractivity contribution in [3.8, 4) is 5.75 Å². The molecule has 4 nitrogen and oxygen atoms in total. The van der Waals surface area contributed by atoms with Crippen LogP contribution in [0.5, 0.6) is 5.75 Å². The number of H-pyrrole nitrogens is 2. The molecular formula is C12H12Cl2N2O2S. The third-order valence-corrected chi connectivity index (χ3v) is 4.08. The van der Waals surface area contributed by atoms with E-state index in [9.17, 15) is 4.79 Å². The first-order chi connectivity index (χ1) is 9.16. The van der Waals surface area contributed by atoms with E-state index in [4.69, 9.17) is 27.9 Å². The summed E-state index contributed by atoms with van der Waals surface area (Å²) in [4.78, 5) is 16.1. The minimum atomic E-state index is -0.183. The van der Waals surface area contributed by atoms with Gasteiger partial charge in [-0.3, -0.25) is 0 Å². The smallest absolute Gasteiger partial charge is 0.323 e. The Hall–Kier alpha value is -1.04. The van der Waals surface area contributed by atoms with E-state index in [0.717, 1.165) is 17.2 Å². The molecule has 0 atom stereocenters. The van der Waals surface area contributed by atoms with E-state index in [2.05, 4.69) is 9.97 Å². The van der Waals surface area contributed by atoms with Gasteiger partial charge in [-0.1, -0.05) is 29.3 Å². The third-order valence-electron chi connectivity index (χ3n) is 2.31. The van der Waals surface area contributed by atoms with Crippen molar-refractivity contribution in [1.82, 2.24) is 9.97 Å². The van der Waals surface area contributed by atoms with Crippen molar-refractivity contribution in [2.24, 2.45) is 0 Å². The number of halogens is 2. The Balaban J connectivity index is 1.72. The molecule has 0 spiro atoms. The molecular weight excluding hydrogens is 307 g/mol. The van der Waals surface area contributed by atoms with Crippen LogP contribution in [0.1, 0.15) is 5.69 Å². The Morgan fingerprint density at radius 1 is 1.32 bits per heavy atom. The summed E-state index contributed by atoms with van der Waals surface area (Å²) in [6.07, 6.45) is 1.67. The molecule has 2 aromatic rings. The zero-order valence-electron chi connectivity index (χ0n) is 9.91. The number of benzene rings is 1. The van der Waals surface area contributed by atoms with Gasteiger partial charge in [0.1, 0.15) is 10.8 Å². The predicted octanol–water partition coefficient (Wildman–Crippen LogP) is 3.32. The highest BCUT2D eigenvalue weighted by atomic mass is 35.5. The summed E-state index contributed by atoms with van der Waals surface area (Å²) >= 11 is 13.5. The molecule has 0 aliphatic rings. The van der Waals surface area contributed by atoms with Crippen LogP contribution < -0.4 is 10.4 Å². The molecule has 1 aromatic carbocycles. The first-order valence-corrected chi connectivity index (χ1v) is 7.49. The maximum atomic E-state index is 10.9. The van der Waals surface area contributed by atoms with E-state index < -0.39 is 0 Å². The number of nitrogens with one attached hydrogen (secondary N) is 2. The van der Waals surface area contributed by atoms with Gasteiger partial charge in [0.25, 0.3) is 0 Å². The zero-order valence-corrected chi connectivity index (χ0v) is 12.2. The summed E-state index contributed by atoms with van der Waals surface area (Å²) in [6, 6.07) is 5.29. The van der Waals surface area contributed by atoms with Crippen LogP contribution in [0.2, 0.25) is 10.0 Å². The number of thioether (sulfide) groups is 1. The SMILES string of the molecule is O=c1[nH]cc(CSCCOc2cccc(Cl)c2Cl)[nH]1. The molecule has 19 heavy (non-hydrogen) atoms. The number of ether oxygens (including phenoxy) is 1. The van der Waals surface area contributed by atoms with Crippen molar-refractivity contribution in [2.45, 2.75) is 5.75 Å². The van der Waals surface area contributed by atoms with Gasteiger partial charge in [-0.25, -0.2) is 4.79 Å². The molecule has 0 aliphatic carbocycles. The van der Waals surface area contributed by atoms with Crippen molar-refractivity contribution in [2.75, 3.05) is 12.4 Å². The summed E-state index contributed by atoms with van der Waals surface area (Å²) < 4.78 is 5.54. The van der Waals surface area contributed by atoms with Gasteiger partial charge in [-0.2, -0.15) is 11.8 Å². The van der Waals surface area contributed by atoms with E-state index in [1.54, 1.807) is 36.2 Å². The summed E-state index contributed by atoms with van der Waals surface area (Å²) in [7, 11) is 0. The molecule has 0 saturated carbocycles. The van der Waals surface area contributed by atoms with Crippen molar-refractivity contribution >= 4 is 35.0 Å². The topological polar surface area (TPSA) is 57.9 Å². The first-order valence-electron chi connectivity index (χ1n) is 5.58. The summed E-state index contributed by atoms with van der Waals surface area (Å²) in [5.74, 6) is 2.10. The maximum absolute atomic E-state index is 10.9. The van der Waals surface area contributed by atoms with Crippen LogP contribution >= 0.6 is 35.0 Å². The first kappa shape index (κ1) is 14.4. The Morgan fingerprint density at radius 2 is 2.16 bits per heavy atom. The second kappa shape index (κ2) is 6.93. The van der Waals surface area contributed by atoms with E-state index >= 15 is 0 Å². The number of aromatic nitrogens is 2. The molecule has 0 aliphatic heterocycles. The lowest BCUT2D eigenvalue weighted by molar-refractivity contribution is 0.344. The fraction of sp³-hybridized carbons (Fsp3) is 0.250. The van der Waals surface area contributed by atoms with Crippen LogP contribution in [-0.2, 0) is 5.75 Å². The second-order valence-corrected chi connectivity index (χ2v) is 5.61. The Kier molecular flexibility index (Phi) is 5.24. The van der Waals surface area contributed by atoms with Crippen molar-refractivity contribution in [1.29, 1.82) is 0 Å². The van der Waals surface area contributed by atoms with Crippen LogP contribution in [0.25, 0.3) is 0 Å². The molecule has 0 unspecified atom stereocenters. The van der Waals surface area contributed by atoms with Crippen LogP contribution in [0.4, 0.5) is 0 Å². The van der Waals surface area contributed by atoms with Gasteiger partial charge in [0, 0.05) is 23.4 Å². The van der Waals surface area contributed by atoms with Crippen LogP contribution in [0.15, 0.2) is 29.2 Å². The average Bonchev–Trinajstić information content (AvgIpc) is 2.80. The molecule has 1 aromatic heterocycles. The summed E-state index contributed by atoms with van der Waals surface area (Å²) in [5, 5.41) is 0.917. The molecule has 0 amide bonds. The largest absolute Gasteiger partial charge is 0.491 e. The minimum absolute atomic E-state index is 0.183. The van der Waals surface area contributed by atoms with Crippen molar-refractivity contribution < 1.29 is 4.74 Å². The molecule has 2 rings (SSSR count). The highest BCUT2D eigenvalue weighted by Gasteiger charge is 2.05. The van der Waals surface area contributed by atoms with Crippen molar-refractivity contribution in [3.05, 3.63) is 50.6 Å². The lowest BCUT2D eigenvalue weighted by Crippen LogP contribution is -2.02. The molecule has 0 saturated heterocycles. The van der Waals surface area contributed by atoms with Gasteiger partial charge in [0.2, 0.25) is 0 Å². The number of rotatable bonds is 6. The fourth-order valence-electron chi connectivity index (χ4n) is 1.44. The number of aromatic amines is 2. The van der Waals surface area contributed by atoms with E-state index in [-0.39, 0.29) is 5.69 Å². The monoisotopic (exact) mass is 318 g/mol. The predicted molar refractivity (Wildman–Crippen MR) is 79.5 cm³/mol. The van der Waals surface area contributed by atoms with Crippen molar-refractivity contribution in [3.63, 3.8) is 0 Å². The summed E-state index contributed by atoms with van der Waals surface area (Å²) in [6.45, 7) is 0.527. The minimum Gasteiger partial charge on any atom is -0.491 e. The van der Waals surface area contributed by atoms with Gasteiger partial charge in [0.15, 0.2) is 0 Å². The van der Waals surface area contributed by atoms with E-state index in [1.165, 1.54) is 0 Å². The molecule has 2 N–H and O–H groups in total. The quantitative estimate of drug-likeness (QED) is 0.803. The number of hydrogen-bond donors (Lipinski definition) is 2. The average molecular weight is 319 g/mol. The Bertz CT molecular complexity index is 597. The van der Waals surface area contributed by atoms with Crippen LogP contribution in [0.3, 0.4) is 0 Å². The molecule has 102 valence electrons. The van der Waals surface area contributed by atoms with Gasteiger partial charge >= 0.3 is 5.69 Å². The third kappa shape index (κ3) is 4.23. The standard InChI is InChI=1S/C12H12Cl2N2O2S/c13-9-2-1-3-10(11(9)14)18-4-5-19-7-8-6-15-12(17)16-8/h1-3,6H,4-5,7H2,(H2,15,16,17). The fourth-order valence-corrected chi connectivity index (χ4v) is 2.50. The zero-order chi connectivity index (χ0) is 13.7. The molecule has 0 radical (unpaired) electrons. The van der Waals surface area contributed by atoms with Gasteiger partial charge in [-0.05, 0) is 12.1 Å². The summed E-state index contributed by atoms with van der Waals surface area (Å²) in [5.41, 5.74) is 0.688. The highest BCUT2D eigenvalue weighted by molar-refractivity contribution is 7.98. The van der Waals surface area contributed by atoms with E-state index in [1.807, 2.05) is 0 Å².